The van der Waals surface area contributed by atoms with E-state index in [2.05, 4.69) is 5.32 Å². The van der Waals surface area contributed by atoms with Crippen molar-refractivity contribution in [1.82, 2.24) is 0 Å². The van der Waals surface area contributed by atoms with Crippen LogP contribution >= 0.6 is 7.60 Å². The fourth-order valence-electron chi connectivity index (χ4n) is 3.00. The molecule has 0 aromatic heterocycles. The molecule has 2 rings (SSSR count). The SMILES string of the molecule is CCOc1ccc(C(Nc2cc(C(F)(F)F)cc(C(F)(F)F)c2)P(=O)(OCC)OCC)cc1. The van der Waals surface area contributed by atoms with Gasteiger partial charge in [0.15, 0.2) is 5.78 Å². The summed E-state index contributed by atoms with van der Waals surface area (Å²) in [6.07, 6.45) is -10.1. The smallest absolute Gasteiger partial charge is 0.416 e. The molecule has 0 spiro atoms. The molecule has 2 aromatic carbocycles. The van der Waals surface area contributed by atoms with Crippen LogP contribution in [0.4, 0.5) is 32.0 Å². The van der Waals surface area contributed by atoms with Crippen molar-refractivity contribution >= 4 is 13.3 Å². The van der Waals surface area contributed by atoms with Crippen molar-refractivity contribution in [2.24, 2.45) is 0 Å². The molecular formula is C21H24F6NO4P. The summed E-state index contributed by atoms with van der Waals surface area (Å²) in [5, 5.41) is 2.53. The van der Waals surface area contributed by atoms with Crippen LogP contribution in [0.3, 0.4) is 0 Å². The van der Waals surface area contributed by atoms with Crippen LogP contribution in [-0.2, 0) is 26.0 Å². The highest BCUT2D eigenvalue weighted by Crippen LogP contribution is 2.61. The highest BCUT2D eigenvalue weighted by atomic mass is 31.2. The van der Waals surface area contributed by atoms with E-state index in [1.807, 2.05) is 0 Å². The lowest BCUT2D eigenvalue weighted by Gasteiger charge is -2.29. The molecule has 184 valence electrons. The van der Waals surface area contributed by atoms with E-state index >= 15 is 0 Å². The zero-order valence-electron chi connectivity index (χ0n) is 18.1. The van der Waals surface area contributed by atoms with Crippen molar-refractivity contribution < 1.29 is 44.7 Å². The van der Waals surface area contributed by atoms with Crippen LogP contribution in [0.1, 0.15) is 43.2 Å². The minimum Gasteiger partial charge on any atom is -0.494 e. The third-order valence-corrected chi connectivity index (χ3v) is 6.63. The average molecular weight is 499 g/mol. The number of ether oxygens (including phenoxy) is 1. The number of nitrogens with one attached hydrogen (secondary N) is 1. The molecule has 0 fully saturated rings. The third-order valence-electron chi connectivity index (χ3n) is 4.33. The van der Waals surface area contributed by atoms with E-state index in [1.54, 1.807) is 6.92 Å². The zero-order valence-corrected chi connectivity index (χ0v) is 19.0. The van der Waals surface area contributed by atoms with E-state index in [0.29, 0.717) is 24.5 Å². The molecule has 5 nitrogen and oxygen atoms in total. The summed E-state index contributed by atoms with van der Waals surface area (Å²) in [4.78, 5) is 0. The topological polar surface area (TPSA) is 56.8 Å². The van der Waals surface area contributed by atoms with Crippen molar-refractivity contribution in [3.05, 3.63) is 59.2 Å². The van der Waals surface area contributed by atoms with Gasteiger partial charge in [0.25, 0.3) is 0 Å². The number of rotatable bonds is 10. The maximum Gasteiger partial charge on any atom is 0.416 e. The summed E-state index contributed by atoms with van der Waals surface area (Å²) in [6, 6.07) is 7.06. The van der Waals surface area contributed by atoms with Crippen molar-refractivity contribution in [2.45, 2.75) is 38.9 Å². The average Bonchev–Trinajstić information content (AvgIpc) is 2.72. The number of anilines is 1. The van der Waals surface area contributed by atoms with E-state index in [1.165, 1.54) is 38.1 Å². The second-order valence-corrected chi connectivity index (χ2v) is 8.83. The van der Waals surface area contributed by atoms with Crippen LogP contribution in [0.15, 0.2) is 42.5 Å². The highest BCUT2D eigenvalue weighted by molar-refractivity contribution is 7.54. The molecule has 0 saturated heterocycles. The number of alkyl halides is 6. The molecule has 33 heavy (non-hydrogen) atoms. The number of benzene rings is 2. The van der Waals surface area contributed by atoms with Crippen LogP contribution in [0, 0.1) is 0 Å². The molecule has 1 N–H and O–H groups in total. The highest BCUT2D eigenvalue weighted by Gasteiger charge is 2.40. The largest absolute Gasteiger partial charge is 0.494 e. The first kappa shape index (κ1) is 27.0. The van der Waals surface area contributed by atoms with Crippen molar-refractivity contribution in [3.63, 3.8) is 0 Å². The molecule has 0 bridgehead atoms. The van der Waals surface area contributed by atoms with Gasteiger partial charge in [0, 0.05) is 5.69 Å². The molecule has 0 amide bonds. The lowest BCUT2D eigenvalue weighted by Crippen LogP contribution is -2.17. The predicted molar refractivity (Wildman–Crippen MR) is 111 cm³/mol. The monoisotopic (exact) mass is 499 g/mol. The van der Waals surface area contributed by atoms with Gasteiger partial charge in [-0.25, -0.2) is 0 Å². The Hall–Kier alpha value is -2.23. The molecular weight excluding hydrogens is 475 g/mol. The summed E-state index contributed by atoms with van der Waals surface area (Å²) >= 11 is 0. The maximum absolute atomic E-state index is 13.5. The van der Waals surface area contributed by atoms with Crippen LogP contribution in [0.2, 0.25) is 0 Å². The van der Waals surface area contributed by atoms with Gasteiger partial charge < -0.3 is 19.1 Å². The predicted octanol–water partition coefficient (Wildman–Crippen LogP) is 7.50. The Kier molecular flexibility index (Phi) is 8.84. The Morgan fingerprint density at radius 2 is 1.30 bits per heavy atom. The minimum absolute atomic E-state index is 0.0156. The van der Waals surface area contributed by atoms with E-state index in [4.69, 9.17) is 13.8 Å². The van der Waals surface area contributed by atoms with Crippen LogP contribution < -0.4 is 10.1 Å². The first-order valence-corrected chi connectivity index (χ1v) is 11.6. The lowest BCUT2D eigenvalue weighted by atomic mass is 10.1. The molecule has 1 atom stereocenters. The van der Waals surface area contributed by atoms with Crippen molar-refractivity contribution in [2.75, 3.05) is 25.1 Å². The van der Waals surface area contributed by atoms with Crippen LogP contribution in [-0.4, -0.2) is 19.8 Å². The maximum atomic E-state index is 13.5. The first-order valence-electron chi connectivity index (χ1n) is 10.0. The fourth-order valence-corrected chi connectivity index (χ4v) is 4.94. The van der Waals surface area contributed by atoms with Gasteiger partial charge in [-0.15, -0.1) is 0 Å². The number of hydrogen-bond donors (Lipinski definition) is 1. The van der Waals surface area contributed by atoms with Gasteiger partial charge in [-0.3, -0.25) is 4.57 Å². The van der Waals surface area contributed by atoms with E-state index in [9.17, 15) is 30.9 Å². The second kappa shape index (κ2) is 10.8. The molecule has 0 radical (unpaired) electrons. The summed E-state index contributed by atoms with van der Waals surface area (Å²) in [5.74, 6) is -0.918. The van der Waals surface area contributed by atoms with E-state index in [-0.39, 0.29) is 24.8 Å². The number of halogens is 6. The molecule has 2 aromatic rings. The third kappa shape index (κ3) is 7.12. The Labute approximate surface area is 187 Å². The lowest BCUT2D eigenvalue weighted by molar-refractivity contribution is -0.143. The van der Waals surface area contributed by atoms with Gasteiger partial charge in [-0.1, -0.05) is 12.1 Å². The van der Waals surface area contributed by atoms with Crippen LogP contribution in [0.25, 0.3) is 0 Å². The Bertz CT molecular complexity index is 920. The summed E-state index contributed by atoms with van der Waals surface area (Å²) in [6.45, 7) is 5.08. The van der Waals surface area contributed by atoms with Gasteiger partial charge >= 0.3 is 19.9 Å². The van der Waals surface area contributed by atoms with Gasteiger partial charge in [0.1, 0.15) is 5.75 Å². The molecule has 0 saturated carbocycles. The first-order chi connectivity index (χ1) is 15.3. The molecule has 0 aliphatic heterocycles. The van der Waals surface area contributed by atoms with Gasteiger partial charge in [-0.05, 0) is 56.7 Å². The Morgan fingerprint density at radius 1 is 0.818 bits per heavy atom. The molecule has 0 aliphatic rings. The Balaban J connectivity index is 2.62. The second-order valence-electron chi connectivity index (χ2n) is 6.72. The molecule has 0 aliphatic carbocycles. The molecule has 1 unspecified atom stereocenters. The molecule has 12 heteroatoms. The molecule has 0 heterocycles. The van der Waals surface area contributed by atoms with Crippen molar-refractivity contribution in [3.8, 4) is 5.75 Å². The normalized spacial score (nSPS) is 13.6. The van der Waals surface area contributed by atoms with Gasteiger partial charge in [0.2, 0.25) is 0 Å². The number of hydrogen-bond acceptors (Lipinski definition) is 5. The van der Waals surface area contributed by atoms with Crippen LogP contribution in [0.5, 0.6) is 5.75 Å². The minimum atomic E-state index is -5.03. The van der Waals surface area contributed by atoms with Gasteiger partial charge in [0.05, 0.1) is 30.9 Å². The standard InChI is InChI=1S/C21H24F6NO4P/c1-4-30-18-9-7-14(8-10-18)19(33(29,31-5-2)32-6-3)28-17-12-15(20(22,23)24)11-16(13-17)21(25,26)27/h7-13,19,28H,4-6H2,1-3H3. The quantitative estimate of drug-likeness (QED) is 0.271. The van der Waals surface area contributed by atoms with Gasteiger partial charge in [-0.2, -0.15) is 26.3 Å². The zero-order chi connectivity index (χ0) is 24.9. The summed E-state index contributed by atoms with van der Waals surface area (Å²) in [7, 11) is -4.07. The van der Waals surface area contributed by atoms with E-state index < -0.39 is 42.5 Å². The summed E-state index contributed by atoms with van der Waals surface area (Å²) in [5.41, 5.74) is -3.30. The van der Waals surface area contributed by atoms with Crippen molar-refractivity contribution in [1.29, 1.82) is 0 Å². The fraction of sp³-hybridized carbons (Fsp3) is 0.429. The summed E-state index contributed by atoms with van der Waals surface area (Å²) < 4.78 is 109. The van der Waals surface area contributed by atoms with E-state index in [0.717, 1.165) is 0 Å². The Morgan fingerprint density at radius 3 is 1.70 bits per heavy atom.